The van der Waals surface area contributed by atoms with Crippen molar-refractivity contribution < 1.29 is 14.3 Å². The van der Waals surface area contributed by atoms with Gasteiger partial charge in [0.2, 0.25) is 0 Å². The van der Waals surface area contributed by atoms with E-state index >= 15 is 0 Å². The number of rotatable bonds is 2. The maximum atomic E-state index is 13.4. The predicted octanol–water partition coefficient (Wildman–Crippen LogP) is 1.98. The molecule has 0 aliphatic heterocycles. The second kappa shape index (κ2) is 4.06. The molecule has 80 valence electrons. The zero-order valence-electron chi connectivity index (χ0n) is 8.09. The number of carboxylic acids is 1. The molecule has 0 saturated carbocycles. The highest BCUT2D eigenvalue weighted by Gasteiger charge is 2.11. The molecule has 2 heterocycles. The fourth-order valence-corrected chi connectivity index (χ4v) is 1.27. The van der Waals surface area contributed by atoms with Crippen LogP contribution in [-0.4, -0.2) is 21.0 Å². The van der Waals surface area contributed by atoms with Crippen molar-refractivity contribution in [2.24, 2.45) is 0 Å². The minimum Gasteiger partial charge on any atom is -0.477 e. The molecule has 0 bridgehead atoms. The van der Waals surface area contributed by atoms with Crippen molar-refractivity contribution in [1.82, 2.24) is 9.97 Å². The first-order chi connectivity index (χ1) is 7.68. The van der Waals surface area contributed by atoms with E-state index in [0.717, 1.165) is 12.1 Å². The molecule has 0 aliphatic rings. The smallest absolute Gasteiger partial charge is 0.354 e. The van der Waals surface area contributed by atoms with Crippen molar-refractivity contribution in [1.29, 1.82) is 0 Å². The summed E-state index contributed by atoms with van der Waals surface area (Å²) in [5, 5.41) is 8.75. The van der Waals surface area contributed by atoms with E-state index in [2.05, 4.69) is 9.97 Å². The van der Waals surface area contributed by atoms with Crippen molar-refractivity contribution in [2.75, 3.05) is 0 Å². The summed E-state index contributed by atoms with van der Waals surface area (Å²) in [6.45, 7) is 0. The summed E-state index contributed by atoms with van der Waals surface area (Å²) in [7, 11) is 0. The van der Waals surface area contributed by atoms with Crippen LogP contribution in [0.15, 0.2) is 36.7 Å². The van der Waals surface area contributed by atoms with Crippen LogP contribution in [0.1, 0.15) is 10.5 Å². The molecule has 0 radical (unpaired) electrons. The van der Waals surface area contributed by atoms with E-state index in [1.807, 2.05) is 0 Å². The zero-order valence-corrected chi connectivity index (χ0v) is 8.09. The Balaban J connectivity index is 2.56. The first-order valence-corrected chi connectivity index (χ1v) is 4.49. The number of nitrogens with zero attached hydrogens (tertiary/aromatic N) is 2. The summed E-state index contributed by atoms with van der Waals surface area (Å²) >= 11 is 0. The highest BCUT2D eigenvalue weighted by atomic mass is 19.1. The van der Waals surface area contributed by atoms with Crippen molar-refractivity contribution >= 4 is 5.97 Å². The summed E-state index contributed by atoms with van der Waals surface area (Å²) in [6, 6.07) is 5.45. The fraction of sp³-hybridized carbons (Fsp3) is 0. The van der Waals surface area contributed by atoms with Crippen LogP contribution in [0, 0.1) is 5.82 Å². The molecule has 2 aromatic rings. The van der Waals surface area contributed by atoms with Gasteiger partial charge in [0, 0.05) is 18.0 Å². The van der Waals surface area contributed by atoms with Crippen LogP contribution in [0.25, 0.3) is 11.3 Å². The molecule has 0 aliphatic carbocycles. The van der Waals surface area contributed by atoms with Crippen LogP contribution in [0.4, 0.5) is 4.39 Å². The molecule has 0 saturated heterocycles. The Hall–Kier alpha value is -2.30. The second-order valence-electron chi connectivity index (χ2n) is 3.07. The average Bonchev–Trinajstić information content (AvgIpc) is 2.30. The van der Waals surface area contributed by atoms with Crippen LogP contribution in [0.5, 0.6) is 0 Å². The number of carbonyl (C=O) groups is 1. The minimum absolute atomic E-state index is 0.00648. The van der Waals surface area contributed by atoms with Gasteiger partial charge < -0.3 is 5.11 Å². The molecule has 2 rings (SSSR count). The van der Waals surface area contributed by atoms with Gasteiger partial charge in [0.05, 0.1) is 0 Å². The fourth-order valence-electron chi connectivity index (χ4n) is 1.27. The Bertz CT molecular complexity index is 529. The van der Waals surface area contributed by atoms with Gasteiger partial charge in [-0.2, -0.15) is 0 Å². The summed E-state index contributed by atoms with van der Waals surface area (Å²) in [5.74, 6) is -1.76. The van der Waals surface area contributed by atoms with E-state index in [1.165, 1.54) is 6.20 Å². The van der Waals surface area contributed by atoms with E-state index in [1.54, 1.807) is 18.3 Å². The normalized spacial score (nSPS) is 10.1. The minimum atomic E-state index is -1.19. The van der Waals surface area contributed by atoms with Crippen molar-refractivity contribution in [3.05, 3.63) is 48.2 Å². The van der Waals surface area contributed by atoms with E-state index < -0.39 is 11.8 Å². The number of aromatic carboxylic acids is 1. The molecule has 4 nitrogen and oxygen atoms in total. The van der Waals surface area contributed by atoms with Crippen molar-refractivity contribution in [3.63, 3.8) is 0 Å². The van der Waals surface area contributed by atoms with Gasteiger partial charge in [-0.1, -0.05) is 0 Å². The van der Waals surface area contributed by atoms with Crippen LogP contribution in [0.3, 0.4) is 0 Å². The molecule has 16 heavy (non-hydrogen) atoms. The number of halogens is 1. The largest absolute Gasteiger partial charge is 0.477 e. The second-order valence-corrected chi connectivity index (χ2v) is 3.07. The lowest BCUT2D eigenvalue weighted by Crippen LogP contribution is -2.02. The molecule has 1 N–H and O–H groups in total. The van der Waals surface area contributed by atoms with Gasteiger partial charge in [-0.3, -0.25) is 4.98 Å². The van der Waals surface area contributed by atoms with Crippen molar-refractivity contribution in [3.8, 4) is 11.3 Å². The summed E-state index contributed by atoms with van der Waals surface area (Å²) in [6.07, 6.45) is 2.97. The van der Waals surface area contributed by atoms with E-state index in [-0.39, 0.29) is 11.4 Å². The van der Waals surface area contributed by atoms with Gasteiger partial charge in [0.15, 0.2) is 0 Å². The van der Waals surface area contributed by atoms with Crippen molar-refractivity contribution in [2.45, 2.75) is 0 Å². The van der Waals surface area contributed by atoms with Gasteiger partial charge in [-0.05, 0) is 24.3 Å². The SMILES string of the molecule is O=C(O)c1ccc(F)c(-c2cccnc2)n1. The molecule has 0 aromatic carbocycles. The predicted molar refractivity (Wildman–Crippen MR) is 54.4 cm³/mol. The number of hydrogen-bond donors (Lipinski definition) is 1. The average molecular weight is 218 g/mol. The molecule has 0 fully saturated rings. The maximum absolute atomic E-state index is 13.4. The maximum Gasteiger partial charge on any atom is 0.354 e. The van der Waals surface area contributed by atoms with Gasteiger partial charge in [-0.15, -0.1) is 0 Å². The molecule has 0 amide bonds. The molecule has 0 atom stereocenters. The molecular weight excluding hydrogens is 211 g/mol. The van der Waals surface area contributed by atoms with E-state index in [0.29, 0.717) is 5.56 Å². The Morgan fingerprint density at radius 3 is 2.75 bits per heavy atom. The van der Waals surface area contributed by atoms with Gasteiger partial charge in [0.25, 0.3) is 0 Å². The lowest BCUT2D eigenvalue weighted by atomic mass is 10.1. The monoisotopic (exact) mass is 218 g/mol. The Morgan fingerprint density at radius 1 is 1.31 bits per heavy atom. The van der Waals surface area contributed by atoms with Crippen LogP contribution < -0.4 is 0 Å². The van der Waals surface area contributed by atoms with Crippen LogP contribution in [0.2, 0.25) is 0 Å². The third-order valence-electron chi connectivity index (χ3n) is 2.00. The van der Waals surface area contributed by atoms with Gasteiger partial charge >= 0.3 is 5.97 Å². The Labute approximate surface area is 90.4 Å². The molecular formula is C11H7FN2O2. The highest BCUT2D eigenvalue weighted by molar-refractivity contribution is 5.86. The third-order valence-corrected chi connectivity index (χ3v) is 2.00. The number of pyridine rings is 2. The van der Waals surface area contributed by atoms with Gasteiger partial charge in [-0.25, -0.2) is 14.2 Å². The Kier molecular flexibility index (Phi) is 2.59. The quantitative estimate of drug-likeness (QED) is 0.837. The lowest BCUT2D eigenvalue weighted by molar-refractivity contribution is 0.0690. The first kappa shape index (κ1) is 10.2. The number of carboxylic acid groups (broad SMARTS) is 1. The van der Waals surface area contributed by atoms with E-state index in [4.69, 9.17) is 5.11 Å². The summed E-state index contributed by atoms with van der Waals surface area (Å²) < 4.78 is 13.4. The number of aromatic nitrogens is 2. The standard InChI is InChI=1S/C11H7FN2O2/c12-8-3-4-9(11(15)16)14-10(8)7-2-1-5-13-6-7/h1-6H,(H,15,16). The first-order valence-electron chi connectivity index (χ1n) is 4.49. The highest BCUT2D eigenvalue weighted by Crippen LogP contribution is 2.19. The summed E-state index contributed by atoms with van der Waals surface area (Å²) in [5.41, 5.74) is 0.247. The van der Waals surface area contributed by atoms with E-state index in [9.17, 15) is 9.18 Å². The topological polar surface area (TPSA) is 63.1 Å². The molecule has 2 aromatic heterocycles. The van der Waals surface area contributed by atoms with Gasteiger partial charge in [0.1, 0.15) is 17.2 Å². The van der Waals surface area contributed by atoms with Crippen LogP contribution in [-0.2, 0) is 0 Å². The Morgan fingerprint density at radius 2 is 2.12 bits per heavy atom. The molecule has 0 spiro atoms. The lowest BCUT2D eigenvalue weighted by Gasteiger charge is -2.02. The zero-order chi connectivity index (χ0) is 11.5. The summed E-state index contributed by atoms with van der Waals surface area (Å²) in [4.78, 5) is 18.2. The number of hydrogen-bond acceptors (Lipinski definition) is 3. The molecule has 5 heteroatoms. The van der Waals surface area contributed by atoms with Crippen LogP contribution >= 0.6 is 0 Å². The third kappa shape index (κ3) is 1.88. The molecule has 0 unspecified atom stereocenters.